The molecule has 1 heteroatoms. The fourth-order valence-corrected chi connectivity index (χ4v) is 1.90. The van der Waals surface area contributed by atoms with Crippen LogP contribution in [-0.4, -0.2) is 5.54 Å². The van der Waals surface area contributed by atoms with E-state index in [0.717, 1.165) is 12.8 Å². The van der Waals surface area contributed by atoms with Gasteiger partial charge in [0.05, 0.1) is 5.54 Å². The van der Waals surface area contributed by atoms with Crippen LogP contribution in [0.5, 0.6) is 0 Å². The Labute approximate surface area is 79.0 Å². The molecule has 1 nitrogen and oxygen atoms in total. The number of rotatable bonds is 1. The second kappa shape index (κ2) is 2.90. The van der Waals surface area contributed by atoms with Gasteiger partial charge < -0.3 is 5.73 Å². The predicted octanol–water partition coefficient (Wildman–Crippen LogP) is 1.89. The summed E-state index contributed by atoms with van der Waals surface area (Å²) in [5.41, 5.74) is 6.92. The van der Waals surface area contributed by atoms with Crippen molar-refractivity contribution in [2.24, 2.45) is 5.73 Å². The van der Waals surface area contributed by atoms with Crippen molar-refractivity contribution in [2.45, 2.75) is 24.3 Å². The van der Waals surface area contributed by atoms with E-state index in [0.29, 0.717) is 5.92 Å². The van der Waals surface area contributed by atoms with Gasteiger partial charge in [0.1, 0.15) is 0 Å². The maximum absolute atomic E-state index is 5.89. The molecule has 1 aliphatic carbocycles. The van der Waals surface area contributed by atoms with Gasteiger partial charge >= 0.3 is 0 Å². The van der Waals surface area contributed by atoms with Crippen molar-refractivity contribution in [1.82, 2.24) is 0 Å². The average Bonchev–Trinajstić information content (AvgIpc) is 2.14. The molecule has 0 amide bonds. The highest BCUT2D eigenvalue weighted by Gasteiger charge is 2.39. The van der Waals surface area contributed by atoms with Crippen molar-refractivity contribution in [1.29, 1.82) is 0 Å². The van der Waals surface area contributed by atoms with Crippen molar-refractivity contribution in [3.8, 4) is 12.3 Å². The number of benzene rings is 1. The van der Waals surface area contributed by atoms with Gasteiger partial charge in [0, 0.05) is 0 Å². The molecule has 0 aliphatic heterocycles. The summed E-state index contributed by atoms with van der Waals surface area (Å²) in [6.07, 6.45) is 7.18. The molecule has 0 aromatic heterocycles. The normalized spacial score (nSPS) is 31.8. The minimum Gasteiger partial charge on any atom is -0.315 e. The molecular weight excluding hydrogens is 158 g/mol. The first-order chi connectivity index (χ1) is 6.23. The third-order valence-corrected chi connectivity index (χ3v) is 2.78. The molecule has 2 N–H and O–H groups in total. The lowest BCUT2D eigenvalue weighted by Crippen LogP contribution is -2.49. The molecule has 0 atom stereocenters. The first-order valence-corrected chi connectivity index (χ1v) is 4.55. The van der Waals surface area contributed by atoms with Crippen molar-refractivity contribution in [2.75, 3.05) is 0 Å². The van der Waals surface area contributed by atoms with Gasteiger partial charge in [-0.05, 0) is 24.3 Å². The zero-order valence-electron chi connectivity index (χ0n) is 7.53. The van der Waals surface area contributed by atoms with Gasteiger partial charge in [-0.15, -0.1) is 6.42 Å². The Hall–Kier alpha value is -1.26. The minimum absolute atomic E-state index is 0.333. The first kappa shape index (κ1) is 8.34. The van der Waals surface area contributed by atoms with Crippen LogP contribution in [-0.2, 0) is 0 Å². The van der Waals surface area contributed by atoms with E-state index in [1.807, 2.05) is 6.07 Å². The number of hydrogen-bond donors (Lipinski definition) is 1. The van der Waals surface area contributed by atoms with Gasteiger partial charge in [-0.1, -0.05) is 36.3 Å². The smallest absolute Gasteiger partial charge is 0.0785 e. The van der Waals surface area contributed by atoms with Crippen LogP contribution in [0.15, 0.2) is 30.3 Å². The van der Waals surface area contributed by atoms with Crippen LogP contribution in [0.4, 0.5) is 0 Å². The van der Waals surface area contributed by atoms with E-state index in [1.54, 1.807) is 0 Å². The maximum atomic E-state index is 5.89. The van der Waals surface area contributed by atoms with Crippen LogP contribution >= 0.6 is 0 Å². The maximum Gasteiger partial charge on any atom is 0.0785 e. The Morgan fingerprint density at radius 3 is 2.46 bits per heavy atom. The van der Waals surface area contributed by atoms with Crippen LogP contribution in [0.1, 0.15) is 24.3 Å². The Kier molecular flexibility index (Phi) is 1.86. The lowest BCUT2D eigenvalue weighted by Gasteiger charge is -2.41. The first-order valence-electron chi connectivity index (χ1n) is 4.55. The predicted molar refractivity (Wildman–Crippen MR) is 54.2 cm³/mol. The molecule has 1 aromatic rings. The summed E-state index contributed by atoms with van der Waals surface area (Å²) >= 11 is 0. The topological polar surface area (TPSA) is 26.0 Å². The molecule has 0 spiro atoms. The third-order valence-electron chi connectivity index (χ3n) is 2.78. The highest BCUT2D eigenvalue weighted by atomic mass is 14.8. The van der Waals surface area contributed by atoms with Gasteiger partial charge in [0.2, 0.25) is 0 Å². The Morgan fingerprint density at radius 1 is 1.31 bits per heavy atom. The molecule has 0 bridgehead atoms. The molecule has 66 valence electrons. The molecule has 13 heavy (non-hydrogen) atoms. The zero-order chi connectivity index (χ0) is 9.31. The van der Waals surface area contributed by atoms with Crippen molar-refractivity contribution >= 4 is 0 Å². The Balaban J connectivity index is 2.07. The van der Waals surface area contributed by atoms with Crippen LogP contribution in [0, 0.1) is 12.3 Å². The van der Waals surface area contributed by atoms with Gasteiger partial charge in [-0.25, -0.2) is 0 Å². The fourth-order valence-electron chi connectivity index (χ4n) is 1.90. The van der Waals surface area contributed by atoms with E-state index in [2.05, 4.69) is 30.2 Å². The molecule has 0 saturated heterocycles. The minimum atomic E-state index is -0.333. The fraction of sp³-hybridized carbons (Fsp3) is 0.333. The third kappa shape index (κ3) is 1.46. The van der Waals surface area contributed by atoms with Crippen molar-refractivity contribution in [3.05, 3.63) is 35.9 Å². The van der Waals surface area contributed by atoms with Gasteiger partial charge in [0.25, 0.3) is 0 Å². The molecule has 0 radical (unpaired) electrons. The van der Waals surface area contributed by atoms with Crippen LogP contribution in [0.25, 0.3) is 0 Å². The summed E-state index contributed by atoms with van der Waals surface area (Å²) in [7, 11) is 0. The highest BCUT2D eigenvalue weighted by molar-refractivity contribution is 5.30. The summed E-state index contributed by atoms with van der Waals surface area (Å²) in [6.45, 7) is 0. The van der Waals surface area contributed by atoms with E-state index >= 15 is 0 Å². The lowest BCUT2D eigenvalue weighted by molar-refractivity contribution is 0.277. The highest BCUT2D eigenvalue weighted by Crippen LogP contribution is 2.42. The number of hydrogen-bond acceptors (Lipinski definition) is 1. The summed E-state index contributed by atoms with van der Waals surface area (Å²) in [6, 6.07) is 10.4. The van der Waals surface area contributed by atoms with E-state index in [4.69, 9.17) is 12.2 Å². The Bertz CT molecular complexity index is 328. The summed E-state index contributed by atoms with van der Waals surface area (Å²) in [5.74, 6) is 3.23. The molecule has 1 fully saturated rings. The van der Waals surface area contributed by atoms with Crippen molar-refractivity contribution in [3.63, 3.8) is 0 Å². The molecule has 0 heterocycles. The van der Waals surface area contributed by atoms with E-state index in [9.17, 15) is 0 Å². The van der Waals surface area contributed by atoms with Gasteiger partial charge in [-0.3, -0.25) is 0 Å². The standard InChI is InChI=1S/C12H13N/c1-2-12(13)8-11(9-12)10-6-4-3-5-7-10/h1,3-7,11H,8-9,13H2. The quantitative estimate of drug-likeness (QED) is 0.642. The zero-order valence-corrected chi connectivity index (χ0v) is 7.53. The largest absolute Gasteiger partial charge is 0.315 e. The SMILES string of the molecule is C#CC1(N)CC(c2ccccc2)C1. The Morgan fingerprint density at radius 2 is 1.92 bits per heavy atom. The van der Waals surface area contributed by atoms with Crippen LogP contribution in [0.2, 0.25) is 0 Å². The monoisotopic (exact) mass is 171 g/mol. The lowest BCUT2D eigenvalue weighted by atomic mass is 9.67. The van der Waals surface area contributed by atoms with Gasteiger partial charge in [0.15, 0.2) is 0 Å². The van der Waals surface area contributed by atoms with E-state index in [1.165, 1.54) is 5.56 Å². The molecule has 1 saturated carbocycles. The van der Waals surface area contributed by atoms with Gasteiger partial charge in [-0.2, -0.15) is 0 Å². The van der Waals surface area contributed by atoms with E-state index < -0.39 is 0 Å². The molecule has 2 rings (SSSR count). The van der Waals surface area contributed by atoms with Crippen LogP contribution in [0.3, 0.4) is 0 Å². The second-order valence-electron chi connectivity index (χ2n) is 3.82. The summed E-state index contributed by atoms with van der Waals surface area (Å²) in [4.78, 5) is 0. The van der Waals surface area contributed by atoms with Crippen molar-refractivity contribution < 1.29 is 0 Å². The molecule has 1 aromatic carbocycles. The molecule has 1 aliphatic rings. The number of terminal acetylenes is 1. The molecular formula is C12H13N. The average molecular weight is 171 g/mol. The second-order valence-corrected chi connectivity index (χ2v) is 3.82. The summed E-state index contributed by atoms with van der Waals surface area (Å²) < 4.78 is 0. The van der Waals surface area contributed by atoms with E-state index in [-0.39, 0.29) is 5.54 Å². The van der Waals surface area contributed by atoms with Crippen LogP contribution < -0.4 is 5.73 Å². The summed E-state index contributed by atoms with van der Waals surface area (Å²) in [5, 5.41) is 0. The number of nitrogens with two attached hydrogens (primary N) is 1. The molecule has 0 unspecified atom stereocenters.